The molecule has 0 bridgehead atoms. The maximum Gasteiger partial charge on any atom is 0.221 e. The molecule has 4 nitrogen and oxygen atoms in total. The highest BCUT2D eigenvalue weighted by atomic mass is 16.5. The van der Waals surface area contributed by atoms with Crippen molar-refractivity contribution in [2.75, 3.05) is 26.3 Å². The first-order valence-corrected chi connectivity index (χ1v) is 5.26. The third-order valence-corrected chi connectivity index (χ3v) is 2.50. The van der Waals surface area contributed by atoms with Crippen molar-refractivity contribution in [3.05, 3.63) is 0 Å². The summed E-state index contributed by atoms with van der Waals surface area (Å²) >= 11 is 0. The minimum absolute atomic E-state index is 0.0759. The van der Waals surface area contributed by atoms with E-state index in [1.807, 2.05) is 6.92 Å². The molecule has 4 heteroatoms. The Hall–Kier alpha value is -0.610. The first kappa shape index (κ1) is 11.5. The van der Waals surface area contributed by atoms with Crippen LogP contribution in [0.2, 0.25) is 0 Å². The summed E-state index contributed by atoms with van der Waals surface area (Å²) in [4.78, 5) is 11.1. The van der Waals surface area contributed by atoms with E-state index in [9.17, 15) is 4.79 Å². The Morgan fingerprint density at radius 3 is 2.93 bits per heavy atom. The largest absolute Gasteiger partial charge is 0.379 e. The Labute approximate surface area is 85.4 Å². The summed E-state index contributed by atoms with van der Waals surface area (Å²) in [7, 11) is 0. The van der Waals surface area contributed by atoms with Gasteiger partial charge in [-0.1, -0.05) is 0 Å². The number of rotatable bonds is 5. The molecule has 14 heavy (non-hydrogen) atoms. The molecule has 1 aliphatic rings. The van der Waals surface area contributed by atoms with Gasteiger partial charge in [0.05, 0.1) is 6.61 Å². The van der Waals surface area contributed by atoms with Crippen LogP contribution in [0.25, 0.3) is 0 Å². The Balaban J connectivity index is 2.11. The van der Waals surface area contributed by atoms with Crippen molar-refractivity contribution >= 4 is 5.91 Å². The molecule has 0 aromatic rings. The lowest BCUT2D eigenvalue weighted by Gasteiger charge is -2.23. The first-order valence-electron chi connectivity index (χ1n) is 5.26. The zero-order valence-corrected chi connectivity index (χ0v) is 9.06. The quantitative estimate of drug-likeness (QED) is 0.670. The fourth-order valence-corrected chi connectivity index (χ4v) is 1.57. The zero-order valence-electron chi connectivity index (χ0n) is 9.06. The standard InChI is InChI=1S/C10H20N2O2/c1-3-11-9(13)4-6-12-10(2)5-7-14-8-10/h12H,3-8H2,1-2H3,(H,11,13). The molecule has 0 aromatic carbocycles. The summed E-state index contributed by atoms with van der Waals surface area (Å²) in [5.41, 5.74) is 0.0759. The molecule has 0 radical (unpaired) electrons. The third kappa shape index (κ3) is 3.64. The number of carbonyl (C=O) groups excluding carboxylic acids is 1. The van der Waals surface area contributed by atoms with Gasteiger partial charge < -0.3 is 15.4 Å². The van der Waals surface area contributed by atoms with E-state index in [2.05, 4.69) is 17.6 Å². The van der Waals surface area contributed by atoms with Crippen LogP contribution in [0.3, 0.4) is 0 Å². The molecule has 1 aliphatic heterocycles. The molecule has 0 aromatic heterocycles. The van der Waals surface area contributed by atoms with Crippen molar-refractivity contribution in [3.8, 4) is 0 Å². The lowest BCUT2D eigenvalue weighted by Crippen LogP contribution is -2.44. The minimum Gasteiger partial charge on any atom is -0.379 e. The van der Waals surface area contributed by atoms with Crippen LogP contribution in [-0.4, -0.2) is 37.7 Å². The Bertz CT molecular complexity index is 189. The van der Waals surface area contributed by atoms with Gasteiger partial charge in [0, 0.05) is 31.7 Å². The Morgan fingerprint density at radius 2 is 2.36 bits per heavy atom. The predicted octanol–water partition coefficient (Wildman–Crippen LogP) is 0.281. The third-order valence-electron chi connectivity index (χ3n) is 2.50. The van der Waals surface area contributed by atoms with Gasteiger partial charge in [0.2, 0.25) is 5.91 Å². The molecule has 1 unspecified atom stereocenters. The highest BCUT2D eigenvalue weighted by molar-refractivity contribution is 5.75. The van der Waals surface area contributed by atoms with Crippen LogP contribution in [0, 0.1) is 0 Å². The van der Waals surface area contributed by atoms with E-state index in [0.717, 1.165) is 26.2 Å². The highest BCUT2D eigenvalue weighted by Gasteiger charge is 2.28. The molecular weight excluding hydrogens is 180 g/mol. The highest BCUT2D eigenvalue weighted by Crippen LogP contribution is 2.16. The van der Waals surface area contributed by atoms with Gasteiger partial charge >= 0.3 is 0 Å². The van der Waals surface area contributed by atoms with Crippen molar-refractivity contribution in [1.82, 2.24) is 10.6 Å². The fraction of sp³-hybridized carbons (Fsp3) is 0.900. The van der Waals surface area contributed by atoms with E-state index < -0.39 is 0 Å². The number of ether oxygens (including phenoxy) is 1. The van der Waals surface area contributed by atoms with Gasteiger partial charge in [0.15, 0.2) is 0 Å². The number of amides is 1. The van der Waals surface area contributed by atoms with Crippen LogP contribution >= 0.6 is 0 Å². The van der Waals surface area contributed by atoms with Gasteiger partial charge in [0.1, 0.15) is 0 Å². The molecule has 0 saturated carbocycles. The maximum absolute atomic E-state index is 11.1. The normalized spacial score (nSPS) is 26.4. The van der Waals surface area contributed by atoms with E-state index in [1.165, 1.54) is 0 Å². The molecular formula is C10H20N2O2. The summed E-state index contributed by atoms with van der Waals surface area (Å²) in [5.74, 6) is 0.113. The summed E-state index contributed by atoms with van der Waals surface area (Å²) in [5, 5.41) is 6.13. The SMILES string of the molecule is CCNC(=O)CCNC1(C)CCOC1. The van der Waals surface area contributed by atoms with Crippen molar-refractivity contribution in [1.29, 1.82) is 0 Å². The molecule has 2 N–H and O–H groups in total. The lowest BCUT2D eigenvalue weighted by molar-refractivity contribution is -0.120. The van der Waals surface area contributed by atoms with Gasteiger partial charge in [0.25, 0.3) is 0 Å². The predicted molar refractivity (Wildman–Crippen MR) is 55.1 cm³/mol. The van der Waals surface area contributed by atoms with Crippen molar-refractivity contribution in [2.24, 2.45) is 0 Å². The van der Waals surface area contributed by atoms with E-state index >= 15 is 0 Å². The van der Waals surface area contributed by atoms with Crippen LogP contribution in [0.5, 0.6) is 0 Å². The lowest BCUT2D eigenvalue weighted by atomic mass is 10.0. The van der Waals surface area contributed by atoms with Crippen LogP contribution in [0.4, 0.5) is 0 Å². The molecule has 1 atom stereocenters. The molecule has 1 rings (SSSR count). The zero-order chi connectivity index (χ0) is 10.4. The van der Waals surface area contributed by atoms with Crippen molar-refractivity contribution < 1.29 is 9.53 Å². The summed E-state index contributed by atoms with van der Waals surface area (Å²) < 4.78 is 5.30. The fourth-order valence-electron chi connectivity index (χ4n) is 1.57. The van der Waals surface area contributed by atoms with E-state index in [4.69, 9.17) is 4.74 Å². The van der Waals surface area contributed by atoms with Gasteiger partial charge in [-0.25, -0.2) is 0 Å². The van der Waals surface area contributed by atoms with Gasteiger partial charge in [-0.3, -0.25) is 4.79 Å². The molecule has 0 aliphatic carbocycles. The van der Waals surface area contributed by atoms with E-state index in [1.54, 1.807) is 0 Å². The number of hydrogen-bond acceptors (Lipinski definition) is 3. The van der Waals surface area contributed by atoms with E-state index in [0.29, 0.717) is 13.0 Å². The number of hydrogen-bond donors (Lipinski definition) is 2. The van der Waals surface area contributed by atoms with Gasteiger partial charge in [-0.05, 0) is 20.3 Å². The monoisotopic (exact) mass is 200 g/mol. The molecule has 1 saturated heterocycles. The van der Waals surface area contributed by atoms with Crippen molar-refractivity contribution in [3.63, 3.8) is 0 Å². The second kappa shape index (κ2) is 5.32. The van der Waals surface area contributed by atoms with E-state index in [-0.39, 0.29) is 11.4 Å². The first-order chi connectivity index (χ1) is 6.66. The van der Waals surface area contributed by atoms with Crippen LogP contribution in [0.15, 0.2) is 0 Å². The average molecular weight is 200 g/mol. The summed E-state index contributed by atoms with van der Waals surface area (Å²) in [6, 6.07) is 0. The number of carbonyl (C=O) groups is 1. The smallest absolute Gasteiger partial charge is 0.221 e. The van der Waals surface area contributed by atoms with Crippen LogP contribution in [-0.2, 0) is 9.53 Å². The van der Waals surface area contributed by atoms with Gasteiger partial charge in [-0.2, -0.15) is 0 Å². The van der Waals surface area contributed by atoms with Gasteiger partial charge in [-0.15, -0.1) is 0 Å². The molecule has 1 heterocycles. The molecule has 1 amide bonds. The minimum atomic E-state index is 0.0759. The summed E-state index contributed by atoms with van der Waals surface area (Å²) in [6.07, 6.45) is 1.58. The second-order valence-electron chi connectivity index (χ2n) is 3.99. The Morgan fingerprint density at radius 1 is 1.57 bits per heavy atom. The topological polar surface area (TPSA) is 50.4 Å². The van der Waals surface area contributed by atoms with Crippen LogP contribution < -0.4 is 10.6 Å². The molecule has 1 fully saturated rings. The molecule has 0 spiro atoms. The molecule has 82 valence electrons. The maximum atomic E-state index is 11.1. The number of nitrogens with one attached hydrogen (secondary N) is 2. The average Bonchev–Trinajstić information content (AvgIpc) is 2.53. The summed E-state index contributed by atoms with van der Waals surface area (Å²) in [6.45, 7) is 7.08. The Kier molecular flexibility index (Phi) is 4.35. The van der Waals surface area contributed by atoms with Crippen molar-refractivity contribution in [2.45, 2.75) is 32.2 Å². The van der Waals surface area contributed by atoms with Crippen LogP contribution in [0.1, 0.15) is 26.7 Å². The second-order valence-corrected chi connectivity index (χ2v) is 3.99.